The molecule has 0 spiro atoms. The number of methoxy groups -OCH3 is 1. The van der Waals surface area contributed by atoms with Crippen LogP contribution in [-0.4, -0.2) is 33.1 Å². The van der Waals surface area contributed by atoms with Crippen LogP contribution in [0.2, 0.25) is 0 Å². The van der Waals surface area contributed by atoms with Crippen LogP contribution >= 0.6 is 0 Å². The van der Waals surface area contributed by atoms with Crippen molar-refractivity contribution in [3.05, 3.63) is 60.3 Å². The molecule has 0 saturated carbocycles. The zero-order valence-corrected chi connectivity index (χ0v) is 13.5. The van der Waals surface area contributed by atoms with Crippen molar-refractivity contribution in [3.8, 4) is 17.2 Å². The van der Waals surface area contributed by atoms with Crippen LogP contribution in [0.4, 0.5) is 5.82 Å². The van der Waals surface area contributed by atoms with Gasteiger partial charge in [0.15, 0.2) is 5.82 Å². The fourth-order valence-corrected chi connectivity index (χ4v) is 2.27. The summed E-state index contributed by atoms with van der Waals surface area (Å²) >= 11 is 0. The van der Waals surface area contributed by atoms with Gasteiger partial charge in [-0.3, -0.25) is 4.79 Å². The molecule has 128 valence electrons. The summed E-state index contributed by atoms with van der Waals surface area (Å²) in [5.74, 6) is 0.543. The van der Waals surface area contributed by atoms with Crippen LogP contribution in [0.15, 0.2) is 54.7 Å². The van der Waals surface area contributed by atoms with E-state index in [-0.39, 0.29) is 11.6 Å². The second-order valence-corrected chi connectivity index (χ2v) is 5.31. The molecule has 1 aromatic heterocycles. The number of anilines is 1. The Labute approximate surface area is 143 Å². The molecule has 8 heteroatoms. The molecule has 1 amide bonds. The molecule has 0 fully saturated rings. The number of phenolic OH excluding ortho intramolecular Hbond substituents is 1. The molecule has 1 unspecified atom stereocenters. The van der Waals surface area contributed by atoms with Gasteiger partial charge in [-0.25, -0.2) is 4.68 Å². The molecule has 0 radical (unpaired) electrons. The summed E-state index contributed by atoms with van der Waals surface area (Å²) < 4.78 is 6.68. The highest BCUT2D eigenvalue weighted by Crippen LogP contribution is 2.19. The van der Waals surface area contributed by atoms with Gasteiger partial charge in [0.1, 0.15) is 17.5 Å². The predicted molar refractivity (Wildman–Crippen MR) is 91.6 cm³/mol. The lowest BCUT2D eigenvalue weighted by molar-refractivity contribution is -0.117. The van der Waals surface area contributed by atoms with E-state index in [1.165, 1.54) is 16.8 Å². The van der Waals surface area contributed by atoms with Crippen LogP contribution in [0.25, 0.3) is 5.69 Å². The molecule has 0 saturated heterocycles. The Balaban J connectivity index is 1.73. The summed E-state index contributed by atoms with van der Waals surface area (Å²) in [6, 6.07) is 12.6. The lowest BCUT2D eigenvalue weighted by Gasteiger charge is -2.11. The number of carbonyl (C=O) groups excluding carboxylic acids is 1. The number of ether oxygens (including phenoxy) is 1. The summed E-state index contributed by atoms with van der Waals surface area (Å²) in [4.78, 5) is 12.3. The third-order valence-electron chi connectivity index (χ3n) is 3.57. The summed E-state index contributed by atoms with van der Waals surface area (Å²) in [6.45, 7) is 0. The lowest BCUT2D eigenvalue weighted by atomic mass is 10.1. The summed E-state index contributed by atoms with van der Waals surface area (Å²) in [6.07, 6.45) is 1.57. The first-order valence-electron chi connectivity index (χ1n) is 7.49. The normalized spacial score (nSPS) is 11.8. The average Bonchev–Trinajstić information content (AvgIpc) is 3.09. The highest BCUT2D eigenvalue weighted by molar-refractivity contribution is 5.94. The number of rotatable bonds is 5. The van der Waals surface area contributed by atoms with E-state index in [2.05, 4.69) is 15.6 Å². The first-order chi connectivity index (χ1) is 12.1. The molecule has 0 bridgehead atoms. The number of amides is 1. The largest absolute Gasteiger partial charge is 0.508 e. The summed E-state index contributed by atoms with van der Waals surface area (Å²) in [5.41, 5.74) is 7.15. The van der Waals surface area contributed by atoms with Gasteiger partial charge in [0.2, 0.25) is 5.91 Å². The van der Waals surface area contributed by atoms with Gasteiger partial charge < -0.3 is 20.9 Å². The number of nitrogens with zero attached hydrogens (tertiary/aromatic N) is 3. The highest BCUT2D eigenvalue weighted by Gasteiger charge is 2.17. The van der Waals surface area contributed by atoms with E-state index in [0.717, 1.165) is 5.69 Å². The molecule has 4 N–H and O–H groups in total. The van der Waals surface area contributed by atoms with Gasteiger partial charge in [-0.2, -0.15) is 0 Å². The van der Waals surface area contributed by atoms with Crippen molar-refractivity contribution in [3.63, 3.8) is 0 Å². The maximum absolute atomic E-state index is 12.3. The first kappa shape index (κ1) is 16.5. The smallest absolute Gasteiger partial charge is 0.247 e. The SMILES string of the molecule is COc1cccc(-n2cc(NC(=O)C(N)c3cccc(O)c3)nn2)c1. The minimum absolute atomic E-state index is 0.0460. The second kappa shape index (κ2) is 7.02. The number of hydrogen-bond donors (Lipinski definition) is 3. The van der Waals surface area contributed by atoms with Crippen molar-refractivity contribution in [2.24, 2.45) is 5.73 Å². The Bertz CT molecular complexity index is 893. The summed E-state index contributed by atoms with van der Waals surface area (Å²) in [7, 11) is 1.58. The van der Waals surface area contributed by atoms with E-state index >= 15 is 0 Å². The fraction of sp³-hybridized carbons (Fsp3) is 0.118. The number of hydrogen-bond acceptors (Lipinski definition) is 6. The molecule has 8 nitrogen and oxygen atoms in total. The Morgan fingerprint density at radius 1 is 1.28 bits per heavy atom. The predicted octanol–water partition coefficient (Wildman–Crippen LogP) is 1.62. The number of aromatic hydroxyl groups is 1. The Morgan fingerprint density at radius 2 is 2.08 bits per heavy atom. The van der Waals surface area contributed by atoms with Gasteiger partial charge >= 0.3 is 0 Å². The molecule has 2 aromatic carbocycles. The van der Waals surface area contributed by atoms with Crippen LogP contribution in [-0.2, 0) is 4.79 Å². The van der Waals surface area contributed by atoms with Crippen molar-refractivity contribution in [1.82, 2.24) is 15.0 Å². The van der Waals surface area contributed by atoms with Crippen molar-refractivity contribution in [2.45, 2.75) is 6.04 Å². The standard InChI is InChI=1S/C17H17N5O3/c1-25-14-7-3-5-12(9-14)22-10-15(20-21-22)19-17(24)16(18)11-4-2-6-13(23)8-11/h2-10,16,23H,18H2,1H3,(H,19,24). The van der Waals surface area contributed by atoms with Gasteiger partial charge in [0, 0.05) is 6.07 Å². The van der Waals surface area contributed by atoms with Gasteiger partial charge in [0.25, 0.3) is 0 Å². The maximum atomic E-state index is 12.3. The van der Waals surface area contributed by atoms with Crippen molar-refractivity contribution in [1.29, 1.82) is 0 Å². The minimum atomic E-state index is -0.936. The third kappa shape index (κ3) is 3.75. The molecular formula is C17H17N5O3. The average molecular weight is 339 g/mol. The monoisotopic (exact) mass is 339 g/mol. The molecule has 0 aliphatic heterocycles. The van der Waals surface area contributed by atoms with E-state index in [1.807, 2.05) is 18.2 Å². The molecule has 0 aliphatic carbocycles. The Morgan fingerprint density at radius 3 is 2.84 bits per heavy atom. The van der Waals surface area contributed by atoms with Crippen LogP contribution in [0.5, 0.6) is 11.5 Å². The topological polar surface area (TPSA) is 115 Å². The molecule has 25 heavy (non-hydrogen) atoms. The van der Waals surface area contributed by atoms with Gasteiger partial charge in [-0.15, -0.1) is 5.10 Å². The Hall–Kier alpha value is -3.39. The molecule has 3 aromatic rings. The number of nitrogens with two attached hydrogens (primary N) is 1. The van der Waals surface area contributed by atoms with E-state index in [1.54, 1.807) is 31.5 Å². The van der Waals surface area contributed by atoms with Crippen LogP contribution in [0.1, 0.15) is 11.6 Å². The van der Waals surface area contributed by atoms with Crippen molar-refractivity contribution < 1.29 is 14.6 Å². The van der Waals surface area contributed by atoms with Gasteiger partial charge in [-0.1, -0.05) is 23.4 Å². The number of nitrogens with one attached hydrogen (secondary N) is 1. The number of benzene rings is 2. The third-order valence-corrected chi connectivity index (χ3v) is 3.57. The van der Waals surface area contributed by atoms with Crippen molar-refractivity contribution >= 4 is 11.7 Å². The zero-order valence-electron chi connectivity index (χ0n) is 13.5. The zero-order chi connectivity index (χ0) is 17.8. The molecular weight excluding hydrogens is 322 g/mol. The van der Waals surface area contributed by atoms with E-state index in [4.69, 9.17) is 10.5 Å². The Kier molecular flexibility index (Phi) is 4.62. The molecule has 1 heterocycles. The summed E-state index contributed by atoms with van der Waals surface area (Å²) in [5, 5.41) is 20.0. The van der Waals surface area contributed by atoms with Crippen LogP contribution < -0.4 is 15.8 Å². The van der Waals surface area contributed by atoms with Crippen LogP contribution in [0.3, 0.4) is 0 Å². The molecule has 1 atom stereocenters. The molecule has 0 aliphatic rings. The van der Waals surface area contributed by atoms with Crippen LogP contribution in [0, 0.1) is 0 Å². The van der Waals surface area contributed by atoms with Crippen molar-refractivity contribution in [2.75, 3.05) is 12.4 Å². The molecule has 3 rings (SSSR count). The van der Waals surface area contributed by atoms with E-state index < -0.39 is 11.9 Å². The van der Waals surface area contributed by atoms with Gasteiger partial charge in [0.05, 0.1) is 19.0 Å². The van der Waals surface area contributed by atoms with Gasteiger partial charge in [-0.05, 0) is 29.8 Å². The fourth-order valence-electron chi connectivity index (χ4n) is 2.27. The van der Waals surface area contributed by atoms with E-state index in [9.17, 15) is 9.90 Å². The quantitative estimate of drug-likeness (QED) is 0.650. The minimum Gasteiger partial charge on any atom is -0.508 e. The number of aromatic nitrogens is 3. The lowest BCUT2D eigenvalue weighted by Crippen LogP contribution is -2.27. The number of carbonyl (C=O) groups is 1. The second-order valence-electron chi connectivity index (χ2n) is 5.31. The first-order valence-corrected chi connectivity index (χ1v) is 7.49. The maximum Gasteiger partial charge on any atom is 0.247 e. The highest BCUT2D eigenvalue weighted by atomic mass is 16.5. The van der Waals surface area contributed by atoms with E-state index in [0.29, 0.717) is 11.3 Å². The number of phenols is 1.